The second-order valence-electron chi connectivity index (χ2n) is 9.65. The third-order valence-corrected chi connectivity index (χ3v) is 17.6. The first-order valence-electron chi connectivity index (χ1n) is 9.09. The molecule has 0 bridgehead atoms. The Labute approximate surface area is 144 Å². The van der Waals surface area contributed by atoms with E-state index >= 15 is 0 Å². The van der Waals surface area contributed by atoms with Crippen molar-refractivity contribution in [3.63, 3.8) is 0 Å². The van der Waals surface area contributed by atoms with Crippen LogP contribution in [-0.4, -0.2) is 33.0 Å². The van der Waals surface area contributed by atoms with Gasteiger partial charge in [-0.1, -0.05) is 72.4 Å². The maximum atomic E-state index is 12.0. The van der Waals surface area contributed by atoms with Crippen LogP contribution in [0.5, 0.6) is 0 Å². The van der Waals surface area contributed by atoms with Crippen LogP contribution in [0.3, 0.4) is 0 Å². The summed E-state index contributed by atoms with van der Waals surface area (Å²) >= 11 is 0. The van der Waals surface area contributed by atoms with Crippen molar-refractivity contribution in [1.82, 2.24) is 0 Å². The van der Waals surface area contributed by atoms with Crippen molar-refractivity contribution in [2.24, 2.45) is 0 Å². The Morgan fingerprint density at radius 1 is 0.682 bits per heavy atom. The Kier molecular flexibility index (Phi) is 9.07. The minimum Gasteiger partial charge on any atom is -0.859 e. The zero-order chi connectivity index (χ0) is 17.7. The molecule has 0 aliphatic rings. The highest BCUT2D eigenvalue weighted by molar-refractivity contribution is 6.87. The topological polar surface area (TPSA) is 32.3 Å². The lowest BCUT2D eigenvalue weighted by Gasteiger charge is -2.38. The van der Waals surface area contributed by atoms with Gasteiger partial charge in [-0.25, -0.2) is 0 Å². The standard InChI is InChI=1S/C16H41O2Si4/c1-10-11-12-19(2,3)13-15-21(6,7)18-22(8,9)16-14-20(4,5)17/h10-16H2,1-9H3/q-1. The van der Waals surface area contributed by atoms with E-state index in [1.165, 1.54) is 31.0 Å². The van der Waals surface area contributed by atoms with Crippen LogP contribution in [0.4, 0.5) is 0 Å². The summed E-state index contributed by atoms with van der Waals surface area (Å²) < 4.78 is 6.70. The SMILES string of the molecule is CCCC[Si](C)(C)CC[Si](C)(C)O[Si](C)(C)CC[Si](C)(C)[O-]. The lowest BCUT2D eigenvalue weighted by atomic mass is 10.4. The van der Waals surface area contributed by atoms with Gasteiger partial charge in [-0.2, -0.15) is 0 Å². The molecule has 0 amide bonds. The fourth-order valence-corrected chi connectivity index (χ4v) is 21.2. The summed E-state index contributed by atoms with van der Waals surface area (Å²) in [7, 11) is -6.44. The molecule has 0 spiro atoms. The summed E-state index contributed by atoms with van der Waals surface area (Å²) in [4.78, 5) is 12.0. The number of unbranched alkanes of at least 4 members (excludes halogenated alkanes) is 1. The molecule has 22 heavy (non-hydrogen) atoms. The Balaban J connectivity index is 4.43. The van der Waals surface area contributed by atoms with Crippen LogP contribution in [0, 0.1) is 0 Å². The van der Waals surface area contributed by atoms with Crippen molar-refractivity contribution >= 4 is 33.0 Å². The smallest absolute Gasteiger partial charge is 0.173 e. The quantitative estimate of drug-likeness (QED) is 0.446. The Morgan fingerprint density at radius 3 is 1.55 bits per heavy atom. The molecule has 0 aromatic rings. The Morgan fingerprint density at radius 2 is 1.14 bits per heavy atom. The van der Waals surface area contributed by atoms with E-state index in [-0.39, 0.29) is 0 Å². The van der Waals surface area contributed by atoms with E-state index < -0.39 is 33.0 Å². The minimum absolute atomic E-state index is 0.882. The second-order valence-corrected chi connectivity index (χ2v) is 27.9. The Hall–Kier alpha value is 0.788. The van der Waals surface area contributed by atoms with Gasteiger partial charge in [0.2, 0.25) is 0 Å². The normalized spacial score (nSPS) is 14.5. The van der Waals surface area contributed by atoms with E-state index in [0.717, 1.165) is 12.1 Å². The third-order valence-electron chi connectivity index (χ3n) is 4.49. The van der Waals surface area contributed by atoms with Gasteiger partial charge in [0.25, 0.3) is 0 Å². The number of hydrogen-bond donors (Lipinski definition) is 0. The largest absolute Gasteiger partial charge is 0.859 e. The molecule has 0 rings (SSSR count). The highest BCUT2D eigenvalue weighted by atomic mass is 28.4. The van der Waals surface area contributed by atoms with Gasteiger partial charge in [-0.15, -0.1) is 0 Å². The van der Waals surface area contributed by atoms with Gasteiger partial charge in [0, 0.05) is 8.07 Å². The van der Waals surface area contributed by atoms with Crippen molar-refractivity contribution in [2.75, 3.05) is 0 Å². The molecule has 0 aliphatic carbocycles. The van der Waals surface area contributed by atoms with Gasteiger partial charge < -0.3 is 8.91 Å². The fourth-order valence-electron chi connectivity index (χ4n) is 2.87. The zero-order valence-electron chi connectivity index (χ0n) is 16.8. The lowest BCUT2D eigenvalue weighted by Crippen LogP contribution is -2.48. The number of rotatable bonds is 11. The molecular formula is C16H41O2Si4-. The fraction of sp³-hybridized carbons (Fsp3) is 1.00. The first kappa shape index (κ1) is 22.8. The van der Waals surface area contributed by atoms with Crippen LogP contribution in [0.25, 0.3) is 0 Å². The molecular weight excluding hydrogens is 337 g/mol. The summed E-state index contributed by atoms with van der Waals surface area (Å²) in [6.07, 6.45) is 2.72. The van der Waals surface area contributed by atoms with E-state index in [1.54, 1.807) is 0 Å². The molecule has 0 N–H and O–H groups in total. The highest BCUT2D eigenvalue weighted by Crippen LogP contribution is 2.29. The predicted molar refractivity (Wildman–Crippen MR) is 110 cm³/mol. The monoisotopic (exact) mass is 377 g/mol. The molecule has 6 heteroatoms. The lowest BCUT2D eigenvalue weighted by molar-refractivity contribution is -0.205. The Bertz CT molecular complexity index is 323. The molecule has 0 unspecified atom stereocenters. The predicted octanol–water partition coefficient (Wildman–Crippen LogP) is 5.49. The zero-order valence-corrected chi connectivity index (χ0v) is 20.8. The van der Waals surface area contributed by atoms with E-state index in [2.05, 4.69) is 46.2 Å². The molecule has 0 aromatic heterocycles. The molecule has 0 heterocycles. The van der Waals surface area contributed by atoms with E-state index in [4.69, 9.17) is 4.12 Å². The third kappa shape index (κ3) is 12.2. The summed E-state index contributed by atoms with van der Waals surface area (Å²) in [6, 6.07) is 6.13. The van der Waals surface area contributed by atoms with Crippen LogP contribution in [0.2, 0.25) is 82.6 Å². The molecule has 0 saturated heterocycles. The van der Waals surface area contributed by atoms with Gasteiger partial charge in [0.05, 0.1) is 0 Å². The molecule has 2 nitrogen and oxygen atoms in total. The van der Waals surface area contributed by atoms with Gasteiger partial charge in [-0.3, -0.25) is 0 Å². The van der Waals surface area contributed by atoms with Gasteiger partial charge in [-0.05, 0) is 38.3 Å². The van der Waals surface area contributed by atoms with Crippen molar-refractivity contribution in [3.8, 4) is 0 Å². The molecule has 0 aromatic carbocycles. The van der Waals surface area contributed by atoms with Crippen LogP contribution in [0.15, 0.2) is 0 Å². The van der Waals surface area contributed by atoms with Crippen molar-refractivity contribution in [1.29, 1.82) is 0 Å². The van der Waals surface area contributed by atoms with Gasteiger partial charge >= 0.3 is 0 Å². The number of hydrogen-bond acceptors (Lipinski definition) is 2. The summed E-state index contributed by atoms with van der Waals surface area (Å²) in [6.45, 7) is 20.7. The van der Waals surface area contributed by atoms with Crippen molar-refractivity contribution in [3.05, 3.63) is 0 Å². The van der Waals surface area contributed by atoms with Crippen LogP contribution in [-0.2, 0) is 4.12 Å². The summed E-state index contributed by atoms with van der Waals surface area (Å²) in [5.74, 6) is 0. The maximum Gasteiger partial charge on any atom is 0.173 e. The van der Waals surface area contributed by atoms with E-state index in [1.807, 2.05) is 13.1 Å². The molecule has 0 atom stereocenters. The first-order valence-corrected chi connectivity index (χ1v) is 21.8. The summed E-state index contributed by atoms with van der Waals surface area (Å²) in [5.41, 5.74) is 0. The van der Waals surface area contributed by atoms with Crippen LogP contribution in [0.1, 0.15) is 19.8 Å². The van der Waals surface area contributed by atoms with E-state index in [0.29, 0.717) is 0 Å². The molecule has 0 radical (unpaired) electrons. The van der Waals surface area contributed by atoms with Crippen molar-refractivity contribution in [2.45, 2.75) is 102 Å². The maximum absolute atomic E-state index is 12.0. The second kappa shape index (κ2) is 8.76. The minimum atomic E-state index is -2.18. The molecule has 134 valence electrons. The molecule has 0 fully saturated rings. The summed E-state index contributed by atoms with van der Waals surface area (Å²) in [5, 5.41) is 0. The van der Waals surface area contributed by atoms with Gasteiger partial charge in [0.1, 0.15) is 0 Å². The molecule has 0 aliphatic heterocycles. The average Bonchev–Trinajstić information content (AvgIpc) is 2.30. The van der Waals surface area contributed by atoms with Crippen LogP contribution < -0.4 is 4.80 Å². The van der Waals surface area contributed by atoms with E-state index in [9.17, 15) is 4.80 Å². The first-order chi connectivity index (χ1) is 9.68. The highest BCUT2D eigenvalue weighted by Gasteiger charge is 2.34. The molecule has 0 saturated carbocycles. The van der Waals surface area contributed by atoms with Gasteiger partial charge in [0.15, 0.2) is 16.6 Å². The van der Waals surface area contributed by atoms with Crippen molar-refractivity contribution < 1.29 is 8.91 Å². The van der Waals surface area contributed by atoms with Crippen LogP contribution >= 0.6 is 0 Å². The average molecular weight is 378 g/mol.